The van der Waals surface area contributed by atoms with E-state index in [-0.39, 0.29) is 16.4 Å². The van der Waals surface area contributed by atoms with Gasteiger partial charge in [0.05, 0.1) is 5.02 Å². The van der Waals surface area contributed by atoms with Crippen LogP contribution in [0.1, 0.15) is 39.2 Å². The van der Waals surface area contributed by atoms with Crippen molar-refractivity contribution in [1.29, 1.82) is 0 Å². The summed E-state index contributed by atoms with van der Waals surface area (Å²) >= 11 is 5.62. The van der Waals surface area contributed by atoms with E-state index < -0.39 is 0 Å². The molecule has 5 heteroatoms. The molecule has 0 bridgehead atoms. The average Bonchev–Trinajstić information content (AvgIpc) is 2.43. The molecule has 1 heterocycles. The highest BCUT2D eigenvalue weighted by Crippen LogP contribution is 2.20. The van der Waals surface area contributed by atoms with E-state index in [0.29, 0.717) is 6.47 Å². The molecule has 1 aliphatic heterocycles. The van der Waals surface area contributed by atoms with Crippen LogP contribution in [-0.2, 0) is 9.53 Å². The summed E-state index contributed by atoms with van der Waals surface area (Å²) in [6, 6.07) is 4.93. The van der Waals surface area contributed by atoms with Crippen molar-refractivity contribution in [2.75, 3.05) is 13.1 Å². The van der Waals surface area contributed by atoms with Crippen LogP contribution < -0.4 is 5.32 Å². The molecular weight excluding hydrogens is 305 g/mol. The first-order valence-electron chi connectivity index (χ1n) is 7.28. The Hall–Kier alpha value is -1.39. The van der Waals surface area contributed by atoms with Gasteiger partial charge in [0, 0.05) is 0 Å². The zero-order chi connectivity index (χ0) is 16.6. The van der Waals surface area contributed by atoms with Crippen LogP contribution in [0.3, 0.4) is 0 Å². The van der Waals surface area contributed by atoms with Crippen LogP contribution in [0.4, 0.5) is 4.39 Å². The highest BCUT2D eigenvalue weighted by atomic mass is 35.5. The van der Waals surface area contributed by atoms with Crippen LogP contribution in [-0.4, -0.2) is 25.2 Å². The Balaban J connectivity index is 0.000000295. The highest BCUT2D eigenvalue weighted by Gasteiger charge is 2.07. The maximum absolute atomic E-state index is 13.2. The van der Waals surface area contributed by atoms with Crippen LogP contribution in [0.25, 0.3) is 6.08 Å². The second kappa shape index (κ2) is 8.91. The molecule has 1 fully saturated rings. The number of nitrogens with one attached hydrogen (secondary N) is 1. The lowest BCUT2D eigenvalue weighted by atomic mass is 10.0. The number of piperidine rings is 1. The van der Waals surface area contributed by atoms with Crippen molar-refractivity contribution >= 4 is 24.1 Å². The standard InChI is InChI=1S/C12H13ClFN.C5H10O2/c13-11-2-1-10(8-12(11)14)7-9-3-5-15-6-4-9;1-5(2,3)7-4-6/h1-2,7-8,15H,3-6H2;4H,1-3H3. The smallest absolute Gasteiger partial charge is 0.293 e. The molecular formula is C17H23ClFNO2. The number of ether oxygens (including phenoxy) is 1. The molecule has 0 radical (unpaired) electrons. The van der Waals surface area contributed by atoms with Crippen LogP contribution in [0, 0.1) is 5.82 Å². The van der Waals surface area contributed by atoms with Crippen LogP contribution in [0.2, 0.25) is 5.02 Å². The number of carbonyl (C=O) groups is 1. The van der Waals surface area contributed by atoms with E-state index in [1.165, 1.54) is 11.6 Å². The largest absolute Gasteiger partial charge is 0.462 e. The third-order valence-corrected chi connectivity index (χ3v) is 3.27. The molecule has 1 saturated heterocycles. The van der Waals surface area contributed by atoms with Crippen molar-refractivity contribution < 1.29 is 13.9 Å². The predicted molar refractivity (Wildman–Crippen MR) is 88.4 cm³/mol. The molecule has 0 unspecified atom stereocenters. The Morgan fingerprint density at radius 3 is 2.36 bits per heavy atom. The monoisotopic (exact) mass is 327 g/mol. The van der Waals surface area contributed by atoms with Gasteiger partial charge in [-0.3, -0.25) is 4.79 Å². The Labute approximate surface area is 136 Å². The Bertz CT molecular complexity index is 516. The number of rotatable bonds is 2. The summed E-state index contributed by atoms with van der Waals surface area (Å²) in [5.74, 6) is -0.347. The first kappa shape index (κ1) is 18.7. The minimum atomic E-state index is -0.347. The topological polar surface area (TPSA) is 38.3 Å². The third kappa shape index (κ3) is 7.57. The molecule has 0 spiro atoms. The van der Waals surface area contributed by atoms with E-state index in [1.807, 2.05) is 26.8 Å². The fourth-order valence-electron chi connectivity index (χ4n) is 1.87. The van der Waals surface area contributed by atoms with Gasteiger partial charge in [0.15, 0.2) is 0 Å². The Morgan fingerprint density at radius 2 is 1.91 bits per heavy atom. The van der Waals surface area contributed by atoms with Gasteiger partial charge < -0.3 is 10.1 Å². The summed E-state index contributed by atoms with van der Waals surface area (Å²) in [7, 11) is 0. The first-order valence-corrected chi connectivity index (χ1v) is 7.66. The fraction of sp³-hybridized carbons (Fsp3) is 0.471. The van der Waals surface area contributed by atoms with Crippen molar-refractivity contribution in [1.82, 2.24) is 5.32 Å². The maximum Gasteiger partial charge on any atom is 0.293 e. The molecule has 0 atom stereocenters. The number of hydrogen-bond donors (Lipinski definition) is 1. The first-order chi connectivity index (χ1) is 10.3. The zero-order valence-corrected chi connectivity index (χ0v) is 14.0. The van der Waals surface area contributed by atoms with E-state index in [2.05, 4.69) is 16.1 Å². The zero-order valence-electron chi connectivity index (χ0n) is 13.3. The minimum absolute atomic E-state index is 0.183. The van der Waals surface area contributed by atoms with Gasteiger partial charge in [-0.15, -0.1) is 0 Å². The molecule has 1 aromatic carbocycles. The Kier molecular flexibility index (Phi) is 7.56. The van der Waals surface area contributed by atoms with Crippen molar-refractivity contribution in [3.63, 3.8) is 0 Å². The van der Waals surface area contributed by atoms with Gasteiger partial charge in [-0.1, -0.05) is 29.3 Å². The fourth-order valence-corrected chi connectivity index (χ4v) is 1.99. The number of benzene rings is 1. The van der Waals surface area contributed by atoms with Gasteiger partial charge in [0.1, 0.15) is 11.4 Å². The second-order valence-corrected chi connectivity index (χ2v) is 6.46. The minimum Gasteiger partial charge on any atom is -0.462 e. The van der Waals surface area contributed by atoms with E-state index >= 15 is 0 Å². The van der Waals surface area contributed by atoms with Gasteiger partial charge >= 0.3 is 0 Å². The lowest BCUT2D eigenvalue weighted by Gasteiger charge is -2.15. The van der Waals surface area contributed by atoms with Gasteiger partial charge in [-0.2, -0.15) is 0 Å². The molecule has 1 N–H and O–H groups in total. The summed E-state index contributed by atoms with van der Waals surface area (Å²) in [5.41, 5.74) is 1.95. The molecule has 3 nitrogen and oxygen atoms in total. The second-order valence-electron chi connectivity index (χ2n) is 6.05. The molecule has 2 rings (SSSR count). The lowest BCUT2D eigenvalue weighted by Crippen LogP contribution is -2.22. The van der Waals surface area contributed by atoms with E-state index in [4.69, 9.17) is 11.6 Å². The molecule has 1 aliphatic rings. The number of halogens is 2. The van der Waals surface area contributed by atoms with E-state index in [9.17, 15) is 9.18 Å². The van der Waals surface area contributed by atoms with Crippen molar-refractivity contribution in [3.8, 4) is 0 Å². The highest BCUT2D eigenvalue weighted by molar-refractivity contribution is 6.30. The van der Waals surface area contributed by atoms with Crippen LogP contribution in [0.15, 0.2) is 23.8 Å². The molecule has 0 aliphatic carbocycles. The molecule has 1 aromatic rings. The van der Waals surface area contributed by atoms with Crippen LogP contribution >= 0.6 is 11.6 Å². The SMILES string of the molecule is CC(C)(C)OC=O.Fc1cc(C=C2CCNCC2)ccc1Cl. The number of hydrogen-bond acceptors (Lipinski definition) is 3. The van der Waals surface area contributed by atoms with Gasteiger partial charge in [0.2, 0.25) is 0 Å². The van der Waals surface area contributed by atoms with Gasteiger partial charge in [-0.05, 0) is 64.4 Å². The normalized spacial score (nSPS) is 14.7. The molecule has 0 amide bonds. The van der Waals surface area contributed by atoms with E-state index in [0.717, 1.165) is 31.5 Å². The van der Waals surface area contributed by atoms with E-state index in [1.54, 1.807) is 6.07 Å². The summed E-state index contributed by atoms with van der Waals surface area (Å²) in [4.78, 5) is 9.60. The summed E-state index contributed by atoms with van der Waals surface area (Å²) < 4.78 is 17.7. The molecule has 0 saturated carbocycles. The Morgan fingerprint density at radius 1 is 1.27 bits per heavy atom. The molecule has 122 valence electrons. The van der Waals surface area contributed by atoms with Crippen LogP contribution in [0.5, 0.6) is 0 Å². The third-order valence-electron chi connectivity index (χ3n) is 2.96. The maximum atomic E-state index is 13.2. The average molecular weight is 328 g/mol. The molecule has 22 heavy (non-hydrogen) atoms. The summed E-state index contributed by atoms with van der Waals surface area (Å²) in [6.45, 7) is 7.95. The van der Waals surface area contributed by atoms with Crippen molar-refractivity contribution in [2.24, 2.45) is 0 Å². The predicted octanol–water partition coefficient (Wildman–Crippen LogP) is 4.20. The molecule has 0 aromatic heterocycles. The summed E-state index contributed by atoms with van der Waals surface area (Å²) in [5, 5.41) is 3.47. The van der Waals surface area contributed by atoms with Gasteiger partial charge in [-0.25, -0.2) is 4.39 Å². The van der Waals surface area contributed by atoms with Crippen molar-refractivity contribution in [3.05, 3.63) is 40.2 Å². The lowest BCUT2D eigenvalue weighted by molar-refractivity contribution is -0.138. The van der Waals surface area contributed by atoms with Gasteiger partial charge in [0.25, 0.3) is 6.47 Å². The quantitative estimate of drug-likeness (QED) is 0.827. The summed E-state index contributed by atoms with van der Waals surface area (Å²) in [6.07, 6.45) is 4.15. The number of carbonyl (C=O) groups excluding carboxylic acids is 1. The van der Waals surface area contributed by atoms with Crippen molar-refractivity contribution in [2.45, 2.75) is 39.2 Å².